The van der Waals surface area contributed by atoms with E-state index in [9.17, 15) is 19.2 Å². The van der Waals surface area contributed by atoms with Crippen molar-refractivity contribution < 1.29 is 29.4 Å². The van der Waals surface area contributed by atoms with Crippen LogP contribution in [-0.4, -0.2) is 125 Å². The van der Waals surface area contributed by atoms with Gasteiger partial charge in [0.25, 0.3) is 0 Å². The summed E-state index contributed by atoms with van der Waals surface area (Å²) in [6.45, 7) is 7.16. The van der Waals surface area contributed by atoms with E-state index in [1.807, 2.05) is 43.9 Å². The number of piperidine rings is 2. The number of carboxylic acid groups (broad SMARTS) is 2. The summed E-state index contributed by atoms with van der Waals surface area (Å²) in [4.78, 5) is 73.7. The molecule has 0 bridgehead atoms. The molecule has 2 saturated heterocycles. The van der Waals surface area contributed by atoms with Gasteiger partial charge in [-0.2, -0.15) is 0 Å². The van der Waals surface area contributed by atoms with E-state index in [4.69, 9.17) is 10.2 Å². The fourth-order valence-corrected chi connectivity index (χ4v) is 9.46. The van der Waals surface area contributed by atoms with Crippen LogP contribution in [0.25, 0.3) is 0 Å². The third-order valence-electron chi connectivity index (χ3n) is 10.6. The molecule has 0 aliphatic carbocycles. The molecule has 18 heteroatoms. The second-order valence-corrected chi connectivity index (χ2v) is 16.7. The number of hydrogen-bond acceptors (Lipinski definition) is 14. The zero-order chi connectivity index (χ0) is 40.8. The van der Waals surface area contributed by atoms with Crippen molar-refractivity contribution in [2.24, 2.45) is 0 Å². The van der Waals surface area contributed by atoms with E-state index in [1.165, 1.54) is 0 Å². The SMILES string of the molecule is CC(=O)N(Cc1ccc2c(c1)Nc1nccnc1S2)C1CCN(CC(=O)O)CC1.CC(=O)N(Cc1ccc2c(c1)Nc1nccnc1S2)C1CCN(CC(=O)O)CC1. The fraction of sp³-hybridized carbons (Fsp3) is 0.400. The van der Waals surface area contributed by atoms with E-state index < -0.39 is 11.9 Å². The van der Waals surface area contributed by atoms with Crippen molar-refractivity contribution in [3.8, 4) is 0 Å². The lowest BCUT2D eigenvalue weighted by Gasteiger charge is -2.37. The van der Waals surface area contributed by atoms with Crippen LogP contribution >= 0.6 is 23.5 Å². The lowest BCUT2D eigenvalue weighted by molar-refractivity contribution is -0.140. The van der Waals surface area contributed by atoms with Gasteiger partial charge in [-0.25, -0.2) is 19.9 Å². The second kappa shape index (κ2) is 18.5. The van der Waals surface area contributed by atoms with Crippen LogP contribution in [-0.2, 0) is 32.3 Å². The Balaban J connectivity index is 0.000000177. The first-order valence-electron chi connectivity index (χ1n) is 19.2. The summed E-state index contributed by atoms with van der Waals surface area (Å²) >= 11 is 3.16. The number of nitrogens with one attached hydrogen (secondary N) is 2. The topological polar surface area (TPSA) is 197 Å². The summed E-state index contributed by atoms with van der Waals surface area (Å²) in [6, 6.07) is 12.6. The molecule has 4 aromatic rings. The van der Waals surface area contributed by atoms with Gasteiger partial charge in [-0.15, -0.1) is 0 Å². The van der Waals surface area contributed by atoms with E-state index in [-0.39, 0.29) is 37.0 Å². The minimum atomic E-state index is -0.808. The molecule has 6 heterocycles. The third kappa shape index (κ3) is 10.2. The highest BCUT2D eigenvalue weighted by Gasteiger charge is 2.29. The Morgan fingerprint density at radius 2 is 1.02 bits per heavy atom. The molecule has 0 spiro atoms. The zero-order valence-corrected chi connectivity index (χ0v) is 34.0. The Hall–Kier alpha value is -5.30. The monoisotopic (exact) mass is 826 g/mol. The van der Waals surface area contributed by atoms with Gasteiger partial charge in [-0.1, -0.05) is 35.7 Å². The Morgan fingerprint density at radius 1 is 0.638 bits per heavy atom. The number of benzene rings is 2. The van der Waals surface area contributed by atoms with Gasteiger partial charge in [0.1, 0.15) is 10.1 Å². The molecule has 2 aromatic carbocycles. The lowest BCUT2D eigenvalue weighted by Crippen LogP contribution is -2.47. The van der Waals surface area contributed by atoms with Crippen molar-refractivity contribution in [1.29, 1.82) is 0 Å². The number of carboxylic acids is 2. The number of anilines is 4. The smallest absolute Gasteiger partial charge is 0.317 e. The lowest BCUT2D eigenvalue weighted by atomic mass is 10.0. The molecule has 0 atom stereocenters. The predicted molar refractivity (Wildman–Crippen MR) is 218 cm³/mol. The number of fused-ring (bicyclic) bond motifs is 4. The fourth-order valence-electron chi connectivity index (χ4n) is 7.71. The van der Waals surface area contributed by atoms with Crippen molar-refractivity contribution in [1.82, 2.24) is 39.5 Å². The predicted octanol–water partition coefficient (Wildman–Crippen LogP) is 5.16. The van der Waals surface area contributed by atoms with Crippen molar-refractivity contribution in [3.05, 3.63) is 72.3 Å². The van der Waals surface area contributed by atoms with Gasteiger partial charge in [0.2, 0.25) is 11.8 Å². The zero-order valence-electron chi connectivity index (χ0n) is 32.3. The van der Waals surface area contributed by atoms with Crippen molar-refractivity contribution in [2.75, 3.05) is 49.9 Å². The number of rotatable bonds is 10. The molecule has 4 aliphatic heterocycles. The van der Waals surface area contributed by atoms with Crippen LogP contribution < -0.4 is 10.6 Å². The molecule has 0 saturated carbocycles. The number of aromatic nitrogens is 4. The molecule has 304 valence electrons. The number of nitrogens with zero attached hydrogens (tertiary/aromatic N) is 8. The Bertz CT molecular complexity index is 2010. The van der Waals surface area contributed by atoms with Crippen LogP contribution in [0.1, 0.15) is 50.7 Å². The summed E-state index contributed by atoms with van der Waals surface area (Å²) in [5.74, 6) is -0.0428. The maximum Gasteiger partial charge on any atom is 0.317 e. The quantitative estimate of drug-likeness (QED) is 0.141. The highest BCUT2D eigenvalue weighted by Crippen LogP contribution is 2.43. The van der Waals surface area contributed by atoms with Gasteiger partial charge in [0.05, 0.1) is 24.5 Å². The van der Waals surface area contributed by atoms with E-state index in [0.717, 1.165) is 79.7 Å². The highest BCUT2D eigenvalue weighted by molar-refractivity contribution is 8.00. The minimum absolute atomic E-state index is 0.0398. The molecule has 58 heavy (non-hydrogen) atoms. The van der Waals surface area contributed by atoms with Crippen LogP contribution in [0, 0.1) is 0 Å². The normalized spacial score (nSPS) is 16.4. The van der Waals surface area contributed by atoms with Crippen LogP contribution in [0.15, 0.2) is 81.0 Å². The summed E-state index contributed by atoms with van der Waals surface area (Å²) in [5, 5.41) is 26.3. The number of aliphatic carboxylic acids is 2. The minimum Gasteiger partial charge on any atom is -0.480 e. The van der Waals surface area contributed by atoms with Gasteiger partial charge in [-0.05, 0) is 61.1 Å². The van der Waals surface area contributed by atoms with Crippen molar-refractivity contribution >= 4 is 70.3 Å². The van der Waals surface area contributed by atoms with E-state index in [0.29, 0.717) is 39.3 Å². The molecule has 8 rings (SSSR count). The van der Waals surface area contributed by atoms with Crippen LogP contribution in [0.2, 0.25) is 0 Å². The molecule has 0 unspecified atom stereocenters. The Kier molecular flexibility index (Phi) is 13.1. The van der Waals surface area contributed by atoms with Crippen LogP contribution in [0.4, 0.5) is 23.0 Å². The second-order valence-electron chi connectivity index (χ2n) is 14.6. The number of hydrogen-bond donors (Lipinski definition) is 4. The van der Waals surface area contributed by atoms with Gasteiger partial charge in [0, 0.05) is 99.8 Å². The first-order valence-corrected chi connectivity index (χ1v) is 20.8. The van der Waals surface area contributed by atoms with Gasteiger partial charge < -0.3 is 30.6 Å². The first-order chi connectivity index (χ1) is 28.0. The van der Waals surface area contributed by atoms with Crippen molar-refractivity contribution in [3.63, 3.8) is 0 Å². The number of likely N-dealkylation sites (tertiary alicyclic amines) is 2. The highest BCUT2D eigenvalue weighted by atomic mass is 32.2. The van der Waals surface area contributed by atoms with Gasteiger partial charge in [-0.3, -0.25) is 29.0 Å². The first kappa shape index (κ1) is 40.9. The Morgan fingerprint density at radius 3 is 1.38 bits per heavy atom. The number of carbonyl (C=O) groups is 4. The van der Waals surface area contributed by atoms with E-state index in [1.54, 1.807) is 62.2 Å². The van der Waals surface area contributed by atoms with Crippen LogP contribution in [0.3, 0.4) is 0 Å². The molecule has 2 fully saturated rings. The maximum atomic E-state index is 12.3. The average molecular weight is 827 g/mol. The molecular formula is C40H46N10O6S2. The largest absolute Gasteiger partial charge is 0.480 e. The maximum absolute atomic E-state index is 12.3. The molecule has 4 aliphatic rings. The molecule has 0 radical (unpaired) electrons. The molecule has 4 N–H and O–H groups in total. The summed E-state index contributed by atoms with van der Waals surface area (Å²) in [5.41, 5.74) is 4.04. The van der Waals surface area contributed by atoms with Crippen LogP contribution in [0.5, 0.6) is 0 Å². The van der Waals surface area contributed by atoms with Gasteiger partial charge >= 0.3 is 11.9 Å². The molecular weight excluding hydrogens is 781 g/mol. The molecule has 2 amide bonds. The van der Waals surface area contributed by atoms with Crippen molar-refractivity contribution in [2.45, 2.75) is 84.5 Å². The summed E-state index contributed by atoms with van der Waals surface area (Å²) in [6.07, 6.45) is 9.83. The standard InChI is InChI=1S/2C20H23N5O3S/c2*1-13(26)25(15-4-8-24(9-5-15)12-18(27)28)11-14-2-3-17-16(10-14)23-19-20(29-17)22-7-6-21-19/h2*2-3,6-7,10,15H,4-5,8-9,11-12H2,1H3,(H,21,23)(H,27,28). The Labute approximate surface area is 344 Å². The average Bonchev–Trinajstić information content (AvgIpc) is 3.20. The number of amides is 2. The number of carbonyl (C=O) groups excluding carboxylic acids is 2. The summed E-state index contributed by atoms with van der Waals surface area (Å²) < 4.78 is 0. The summed E-state index contributed by atoms with van der Waals surface area (Å²) in [7, 11) is 0. The van der Waals surface area contributed by atoms with E-state index >= 15 is 0 Å². The third-order valence-corrected chi connectivity index (χ3v) is 12.7. The molecule has 2 aromatic heterocycles. The van der Waals surface area contributed by atoms with E-state index in [2.05, 4.69) is 42.7 Å². The van der Waals surface area contributed by atoms with Gasteiger partial charge in [0.15, 0.2) is 11.6 Å². The molecule has 16 nitrogen and oxygen atoms in total.